The van der Waals surface area contributed by atoms with Crippen molar-refractivity contribution in [1.82, 2.24) is 4.72 Å². The Kier molecular flexibility index (Phi) is 4.13. The number of hydrogen-bond donors (Lipinski definition) is 2. The molecule has 1 saturated carbocycles. The minimum Gasteiger partial charge on any atom is -0.392 e. The lowest BCUT2D eigenvalue weighted by Crippen LogP contribution is -2.54. The number of hydrogen-bond acceptors (Lipinski definition) is 3. The Morgan fingerprint density at radius 3 is 2.55 bits per heavy atom. The molecule has 2 rings (SSSR count). The molecule has 1 aliphatic rings. The number of sulfonamides is 1. The number of thiocarbonyl (C=S) groups is 1. The Balaban J connectivity index is 2.40. The summed E-state index contributed by atoms with van der Waals surface area (Å²) >= 11 is 5.02. The minimum absolute atomic E-state index is 0.0694. The number of nitrogens with two attached hydrogens (primary N) is 1. The molecule has 0 unspecified atom stereocenters. The first-order valence-corrected chi connectivity index (χ1v) is 8.26. The third-order valence-electron chi connectivity index (χ3n) is 3.70. The minimum atomic E-state index is -3.86. The molecule has 0 spiro atoms. The van der Waals surface area contributed by atoms with Gasteiger partial charge in [0.15, 0.2) is 0 Å². The van der Waals surface area contributed by atoms with Gasteiger partial charge in [-0.25, -0.2) is 12.8 Å². The Hall–Kier alpha value is -1.05. The third-order valence-corrected chi connectivity index (χ3v) is 5.77. The molecular formula is C13H17FN2O2S2. The lowest BCUT2D eigenvalue weighted by Gasteiger charge is -2.29. The molecule has 1 aromatic rings. The standard InChI is InChI=1S/C13H17FN2O2S2/c1-9-4-5-10(14)8-11(9)20(17,18)16-13(12(15)19)6-2-3-7-13/h4-5,8,16H,2-3,6-7H2,1H3,(H2,15,19). The second-order valence-corrected chi connectivity index (χ2v) is 7.26. The number of benzene rings is 1. The lowest BCUT2D eigenvalue weighted by atomic mass is 10.00. The van der Waals surface area contributed by atoms with E-state index in [1.54, 1.807) is 6.92 Å². The maximum atomic E-state index is 13.3. The molecule has 20 heavy (non-hydrogen) atoms. The highest BCUT2D eigenvalue weighted by molar-refractivity contribution is 7.89. The maximum Gasteiger partial charge on any atom is 0.241 e. The van der Waals surface area contributed by atoms with E-state index in [2.05, 4.69) is 4.72 Å². The van der Waals surface area contributed by atoms with Crippen molar-refractivity contribution in [2.45, 2.75) is 43.0 Å². The van der Waals surface area contributed by atoms with Gasteiger partial charge in [-0.2, -0.15) is 4.72 Å². The maximum absolute atomic E-state index is 13.3. The zero-order valence-corrected chi connectivity index (χ0v) is 12.8. The predicted octanol–water partition coefficient (Wildman–Crippen LogP) is 2.01. The van der Waals surface area contributed by atoms with Gasteiger partial charge in [0.05, 0.1) is 15.4 Å². The summed E-state index contributed by atoms with van der Waals surface area (Å²) in [5, 5.41) is 0. The van der Waals surface area contributed by atoms with Crippen molar-refractivity contribution in [1.29, 1.82) is 0 Å². The van der Waals surface area contributed by atoms with Gasteiger partial charge in [-0.05, 0) is 37.5 Å². The van der Waals surface area contributed by atoms with Crippen molar-refractivity contribution in [2.24, 2.45) is 5.73 Å². The summed E-state index contributed by atoms with van der Waals surface area (Å²) in [6.45, 7) is 1.62. The average molecular weight is 316 g/mol. The SMILES string of the molecule is Cc1ccc(F)cc1S(=O)(=O)NC1(C(N)=S)CCCC1. The van der Waals surface area contributed by atoms with Gasteiger partial charge in [-0.15, -0.1) is 0 Å². The van der Waals surface area contributed by atoms with Crippen molar-refractivity contribution in [3.05, 3.63) is 29.6 Å². The zero-order chi connectivity index (χ0) is 15.0. The quantitative estimate of drug-likeness (QED) is 0.834. The molecule has 1 aromatic carbocycles. The van der Waals surface area contributed by atoms with E-state index in [1.165, 1.54) is 12.1 Å². The van der Waals surface area contributed by atoms with Gasteiger partial charge < -0.3 is 5.73 Å². The zero-order valence-electron chi connectivity index (χ0n) is 11.1. The van der Waals surface area contributed by atoms with Crippen LogP contribution in [-0.2, 0) is 10.0 Å². The van der Waals surface area contributed by atoms with E-state index in [0.717, 1.165) is 18.9 Å². The fourth-order valence-corrected chi connectivity index (χ4v) is 4.57. The van der Waals surface area contributed by atoms with Crippen LogP contribution in [0.5, 0.6) is 0 Å². The fraction of sp³-hybridized carbons (Fsp3) is 0.462. The summed E-state index contributed by atoms with van der Waals surface area (Å²) in [5.74, 6) is -0.591. The first-order chi connectivity index (χ1) is 9.27. The van der Waals surface area contributed by atoms with Gasteiger partial charge in [-0.1, -0.05) is 31.1 Å². The van der Waals surface area contributed by atoms with Crippen LogP contribution in [0.25, 0.3) is 0 Å². The summed E-state index contributed by atoms with van der Waals surface area (Å²) in [5.41, 5.74) is 5.32. The summed E-state index contributed by atoms with van der Waals surface area (Å²) < 4.78 is 40.9. The Labute approximate surface area is 123 Å². The fourth-order valence-electron chi connectivity index (χ4n) is 2.55. The van der Waals surface area contributed by atoms with E-state index in [4.69, 9.17) is 18.0 Å². The Morgan fingerprint density at radius 1 is 1.40 bits per heavy atom. The lowest BCUT2D eigenvalue weighted by molar-refractivity contribution is 0.502. The molecule has 0 atom stereocenters. The molecule has 0 heterocycles. The summed E-state index contributed by atoms with van der Waals surface area (Å²) in [6.07, 6.45) is 2.88. The molecule has 0 amide bonds. The summed E-state index contributed by atoms with van der Waals surface area (Å²) in [4.78, 5) is 0.0765. The number of nitrogens with one attached hydrogen (secondary N) is 1. The molecule has 1 fully saturated rings. The van der Waals surface area contributed by atoms with Gasteiger partial charge in [0.1, 0.15) is 5.82 Å². The van der Waals surface area contributed by atoms with Crippen LogP contribution in [0.3, 0.4) is 0 Å². The average Bonchev–Trinajstić information content (AvgIpc) is 2.81. The van der Waals surface area contributed by atoms with Crippen molar-refractivity contribution in [3.63, 3.8) is 0 Å². The molecule has 0 bridgehead atoms. The second-order valence-electron chi connectivity index (χ2n) is 5.17. The van der Waals surface area contributed by atoms with Crippen LogP contribution in [0.1, 0.15) is 31.2 Å². The van der Waals surface area contributed by atoms with Crippen molar-refractivity contribution in [2.75, 3.05) is 0 Å². The first kappa shape index (κ1) is 15.3. The molecular weight excluding hydrogens is 299 g/mol. The number of halogens is 1. The monoisotopic (exact) mass is 316 g/mol. The number of aryl methyl sites for hydroxylation is 1. The molecule has 1 aliphatic carbocycles. The topological polar surface area (TPSA) is 72.2 Å². The van der Waals surface area contributed by atoms with E-state index in [0.29, 0.717) is 18.4 Å². The van der Waals surface area contributed by atoms with E-state index in [-0.39, 0.29) is 9.88 Å². The van der Waals surface area contributed by atoms with E-state index < -0.39 is 21.4 Å². The van der Waals surface area contributed by atoms with Crippen molar-refractivity contribution >= 4 is 27.2 Å². The van der Waals surface area contributed by atoms with Crippen LogP contribution in [0, 0.1) is 12.7 Å². The number of rotatable bonds is 4. The first-order valence-electron chi connectivity index (χ1n) is 6.37. The smallest absolute Gasteiger partial charge is 0.241 e. The van der Waals surface area contributed by atoms with Crippen LogP contribution >= 0.6 is 12.2 Å². The van der Waals surface area contributed by atoms with Crippen LogP contribution in [0.15, 0.2) is 23.1 Å². The van der Waals surface area contributed by atoms with Crippen molar-refractivity contribution in [3.8, 4) is 0 Å². The molecule has 7 heteroatoms. The molecule has 0 saturated heterocycles. The second kappa shape index (κ2) is 5.38. The highest BCUT2D eigenvalue weighted by Crippen LogP contribution is 2.32. The molecule has 3 N–H and O–H groups in total. The Bertz CT molecular complexity index is 638. The van der Waals surface area contributed by atoms with Gasteiger partial charge in [0.2, 0.25) is 10.0 Å². The Morgan fingerprint density at radius 2 is 2.00 bits per heavy atom. The summed E-state index contributed by atoms with van der Waals surface area (Å²) in [6, 6.07) is 3.68. The van der Waals surface area contributed by atoms with Gasteiger partial charge in [0, 0.05) is 0 Å². The van der Waals surface area contributed by atoms with Crippen LogP contribution in [0.2, 0.25) is 0 Å². The molecule has 4 nitrogen and oxygen atoms in total. The van der Waals surface area contributed by atoms with E-state index >= 15 is 0 Å². The van der Waals surface area contributed by atoms with Crippen LogP contribution < -0.4 is 10.5 Å². The van der Waals surface area contributed by atoms with Crippen LogP contribution in [0.4, 0.5) is 4.39 Å². The third kappa shape index (κ3) is 2.84. The normalized spacial score (nSPS) is 18.1. The van der Waals surface area contributed by atoms with E-state index in [1.807, 2.05) is 0 Å². The highest BCUT2D eigenvalue weighted by atomic mass is 32.2. The predicted molar refractivity (Wildman–Crippen MR) is 79.4 cm³/mol. The van der Waals surface area contributed by atoms with E-state index in [9.17, 15) is 12.8 Å². The molecule has 0 aliphatic heterocycles. The largest absolute Gasteiger partial charge is 0.392 e. The molecule has 0 aromatic heterocycles. The van der Waals surface area contributed by atoms with Gasteiger partial charge >= 0.3 is 0 Å². The molecule has 0 radical (unpaired) electrons. The van der Waals surface area contributed by atoms with Crippen molar-refractivity contribution < 1.29 is 12.8 Å². The van der Waals surface area contributed by atoms with Gasteiger partial charge in [0.25, 0.3) is 0 Å². The molecule has 110 valence electrons. The summed E-state index contributed by atoms with van der Waals surface area (Å²) in [7, 11) is -3.86. The van der Waals surface area contributed by atoms with Gasteiger partial charge in [-0.3, -0.25) is 0 Å². The van der Waals surface area contributed by atoms with Crippen LogP contribution in [-0.4, -0.2) is 18.9 Å². The highest BCUT2D eigenvalue weighted by Gasteiger charge is 2.41.